The van der Waals surface area contributed by atoms with Gasteiger partial charge >= 0.3 is 5.97 Å². The largest absolute Gasteiger partial charge is 0.480 e. The summed E-state index contributed by atoms with van der Waals surface area (Å²) < 4.78 is 0. The van der Waals surface area contributed by atoms with Crippen molar-refractivity contribution in [2.24, 2.45) is 22.2 Å². The highest BCUT2D eigenvalue weighted by atomic mass is 32.2. The Morgan fingerprint density at radius 2 is 1.04 bits per heavy atom. The molecule has 0 spiro atoms. The number of amides is 7. The third-order valence-corrected chi connectivity index (χ3v) is 7.27. The number of hydrogen-bond acceptors (Lipinski definition) is 12. The van der Waals surface area contributed by atoms with Gasteiger partial charge < -0.3 is 59.5 Å². The molecular weight excluding hydrogens is 674 g/mol. The van der Waals surface area contributed by atoms with Gasteiger partial charge in [0.1, 0.15) is 18.6 Å². The van der Waals surface area contributed by atoms with Crippen molar-refractivity contribution in [2.75, 3.05) is 63.3 Å². The highest BCUT2D eigenvalue weighted by Gasteiger charge is 2.24. The van der Waals surface area contributed by atoms with Crippen LogP contribution in [-0.4, -0.2) is 140 Å². The number of guanidine groups is 1. The third kappa shape index (κ3) is 22.3. The Hall–Kier alpha value is -4.31. The van der Waals surface area contributed by atoms with Crippen molar-refractivity contribution in [1.29, 1.82) is 0 Å². The lowest BCUT2D eigenvalue weighted by Gasteiger charge is -2.20. The molecule has 20 nitrogen and oxygen atoms in total. The van der Waals surface area contributed by atoms with Gasteiger partial charge in [-0.3, -0.25) is 43.3 Å². The zero-order chi connectivity index (χ0) is 36.5. The number of rotatable bonds is 25. The third-order valence-electron chi connectivity index (χ3n) is 5.98. The number of carbonyl (C=O) groups is 8. The maximum Gasteiger partial charge on any atom is 0.322 e. The molecule has 0 rings (SSSR count). The topological polar surface area (TPSA) is 331 Å². The molecule has 0 heterocycles. The van der Waals surface area contributed by atoms with Gasteiger partial charge in [-0.2, -0.15) is 23.5 Å². The van der Waals surface area contributed by atoms with Gasteiger partial charge in [0, 0.05) is 6.54 Å². The number of aliphatic carboxylic acids is 1. The van der Waals surface area contributed by atoms with E-state index in [-0.39, 0.29) is 25.2 Å². The number of nitrogens with one attached hydrogen (secondary N) is 7. The first-order chi connectivity index (χ1) is 22.7. The predicted molar refractivity (Wildman–Crippen MR) is 180 cm³/mol. The summed E-state index contributed by atoms with van der Waals surface area (Å²) in [4.78, 5) is 101. The zero-order valence-electron chi connectivity index (χ0n) is 26.9. The van der Waals surface area contributed by atoms with Crippen molar-refractivity contribution in [2.45, 2.75) is 43.8 Å². The molecule has 0 saturated heterocycles. The van der Waals surface area contributed by atoms with Crippen LogP contribution in [0.2, 0.25) is 0 Å². The van der Waals surface area contributed by atoms with E-state index < -0.39 is 98.2 Å². The van der Waals surface area contributed by atoms with Gasteiger partial charge in [-0.1, -0.05) is 0 Å². The van der Waals surface area contributed by atoms with Gasteiger partial charge in [0.2, 0.25) is 41.4 Å². The maximum absolute atomic E-state index is 12.8. The fourth-order valence-corrected chi connectivity index (χ4v) is 4.45. The highest BCUT2D eigenvalue weighted by Crippen LogP contribution is 2.03. The molecule has 14 N–H and O–H groups in total. The average Bonchev–Trinajstić information content (AvgIpc) is 3.04. The number of nitrogens with two attached hydrogens (primary N) is 3. The molecule has 0 aromatic heterocycles. The fourth-order valence-electron chi connectivity index (χ4n) is 3.51. The van der Waals surface area contributed by atoms with Crippen LogP contribution in [0.1, 0.15) is 25.7 Å². The van der Waals surface area contributed by atoms with Crippen molar-refractivity contribution in [3.63, 3.8) is 0 Å². The second-order valence-electron chi connectivity index (χ2n) is 9.96. The first-order valence-electron chi connectivity index (χ1n) is 14.7. The molecule has 3 atom stereocenters. The van der Waals surface area contributed by atoms with Crippen molar-refractivity contribution in [3.05, 3.63) is 0 Å². The van der Waals surface area contributed by atoms with E-state index in [1.807, 2.05) is 6.26 Å². The first kappa shape index (κ1) is 43.7. The quantitative estimate of drug-likeness (QED) is 0.0238. The Kier molecular flexibility index (Phi) is 23.4. The average molecular weight is 722 g/mol. The number of hydrogen-bond donors (Lipinski definition) is 11. The van der Waals surface area contributed by atoms with Gasteiger partial charge in [0.25, 0.3) is 0 Å². The summed E-state index contributed by atoms with van der Waals surface area (Å²) in [5.41, 5.74) is 16.3. The molecular formula is C26H47N11O9S2. The Bertz CT molecular complexity index is 1140. The molecule has 0 bridgehead atoms. The highest BCUT2D eigenvalue weighted by molar-refractivity contribution is 7.98. The van der Waals surface area contributed by atoms with E-state index in [4.69, 9.17) is 22.3 Å². The Morgan fingerprint density at radius 3 is 1.48 bits per heavy atom. The predicted octanol–water partition coefficient (Wildman–Crippen LogP) is -5.49. The van der Waals surface area contributed by atoms with Crippen LogP contribution in [-0.2, 0) is 38.4 Å². The van der Waals surface area contributed by atoms with Crippen molar-refractivity contribution in [3.8, 4) is 0 Å². The fraction of sp³-hybridized carbons (Fsp3) is 0.654. The van der Waals surface area contributed by atoms with E-state index in [2.05, 4.69) is 42.2 Å². The minimum absolute atomic E-state index is 0.0773. The summed E-state index contributed by atoms with van der Waals surface area (Å²) in [6, 6.07) is -2.98. The normalized spacial score (nSPS) is 12.2. The lowest BCUT2D eigenvalue weighted by Crippen LogP contribution is -2.54. The summed E-state index contributed by atoms with van der Waals surface area (Å²) in [5, 5.41) is 25.0. The van der Waals surface area contributed by atoms with E-state index >= 15 is 0 Å². The van der Waals surface area contributed by atoms with Crippen molar-refractivity contribution in [1.82, 2.24) is 37.2 Å². The van der Waals surface area contributed by atoms with Gasteiger partial charge in [-0.15, -0.1) is 0 Å². The SMILES string of the molecule is CSCCC(NC(=O)CNC(=O)C(N)CCCN=C(N)N)C(=O)NCC(=O)NC(CCSC)C(=O)NCC(=O)NCC(=O)NCC(=O)O. The molecule has 0 aromatic carbocycles. The summed E-state index contributed by atoms with van der Waals surface area (Å²) in [7, 11) is 0. The van der Waals surface area contributed by atoms with Crippen molar-refractivity contribution < 1.29 is 43.5 Å². The molecule has 272 valence electrons. The van der Waals surface area contributed by atoms with Gasteiger partial charge in [0.15, 0.2) is 5.96 Å². The molecule has 22 heteroatoms. The molecule has 0 aliphatic carbocycles. The molecule has 48 heavy (non-hydrogen) atoms. The Labute approximate surface area is 286 Å². The van der Waals surface area contributed by atoms with Crippen molar-refractivity contribution >= 4 is 76.8 Å². The van der Waals surface area contributed by atoms with Crippen LogP contribution in [0.15, 0.2) is 4.99 Å². The van der Waals surface area contributed by atoms with Crippen LogP contribution < -0.4 is 54.4 Å². The van der Waals surface area contributed by atoms with E-state index in [1.165, 1.54) is 23.5 Å². The number of carboxylic acid groups (broad SMARTS) is 1. The monoisotopic (exact) mass is 721 g/mol. The molecule has 3 unspecified atom stereocenters. The van der Waals surface area contributed by atoms with Crippen LogP contribution in [0.4, 0.5) is 0 Å². The lowest BCUT2D eigenvalue weighted by atomic mass is 10.1. The second-order valence-corrected chi connectivity index (χ2v) is 11.9. The maximum atomic E-state index is 12.8. The second kappa shape index (κ2) is 25.7. The van der Waals surface area contributed by atoms with E-state index in [0.29, 0.717) is 24.5 Å². The van der Waals surface area contributed by atoms with Gasteiger partial charge in [-0.25, -0.2) is 0 Å². The van der Waals surface area contributed by atoms with Crippen LogP contribution in [0.25, 0.3) is 0 Å². The van der Waals surface area contributed by atoms with E-state index in [9.17, 15) is 38.4 Å². The zero-order valence-corrected chi connectivity index (χ0v) is 28.6. The molecule has 0 fully saturated rings. The standard InChI is InChI=1S/C26H47N11O9S2/c1-47-8-5-16(24(45)34-11-19(39)31-10-18(38)32-14-22(42)43)37-21(41)13-35-25(46)17(6-9-48-2)36-20(40)12-33-23(44)15(27)4-3-7-30-26(28)29/h15-17H,3-14,27H2,1-2H3,(H,31,39)(H,32,38)(H,33,44)(H,34,45)(H,35,46)(H,36,40)(H,37,41)(H,42,43)(H4,28,29,30). The number of aliphatic imine (C=N–C) groups is 1. The number of carboxylic acids is 1. The molecule has 0 saturated carbocycles. The summed E-state index contributed by atoms with van der Waals surface area (Å²) in [6.07, 6.45) is 4.74. The minimum Gasteiger partial charge on any atom is -0.480 e. The molecule has 0 aliphatic rings. The first-order valence-corrected chi connectivity index (χ1v) is 17.4. The smallest absolute Gasteiger partial charge is 0.322 e. The number of nitrogens with zero attached hydrogens (tertiary/aromatic N) is 1. The molecule has 7 amide bonds. The van der Waals surface area contributed by atoms with Crippen LogP contribution >= 0.6 is 23.5 Å². The minimum atomic E-state index is -1.25. The number of thioether (sulfide) groups is 2. The molecule has 0 aliphatic heterocycles. The summed E-state index contributed by atoms with van der Waals surface area (Å²) in [6.45, 7) is -2.30. The van der Waals surface area contributed by atoms with E-state index in [0.717, 1.165) is 0 Å². The van der Waals surface area contributed by atoms with Crippen LogP contribution in [0, 0.1) is 0 Å². The Balaban J connectivity index is 4.90. The van der Waals surface area contributed by atoms with Crippen LogP contribution in [0.5, 0.6) is 0 Å². The Morgan fingerprint density at radius 1 is 0.625 bits per heavy atom. The molecule has 0 aromatic rings. The van der Waals surface area contributed by atoms with Gasteiger partial charge in [-0.05, 0) is 49.7 Å². The summed E-state index contributed by atoms with van der Waals surface area (Å²) >= 11 is 2.84. The van der Waals surface area contributed by atoms with Crippen LogP contribution in [0.3, 0.4) is 0 Å². The number of carbonyl (C=O) groups excluding carboxylic acids is 7. The lowest BCUT2D eigenvalue weighted by molar-refractivity contribution is -0.138. The molecule has 0 radical (unpaired) electrons. The van der Waals surface area contributed by atoms with Gasteiger partial charge in [0.05, 0.1) is 32.2 Å². The van der Waals surface area contributed by atoms with E-state index in [1.54, 1.807) is 6.26 Å². The summed E-state index contributed by atoms with van der Waals surface area (Å²) in [5.74, 6) is -5.10.